The number of fused-ring (bicyclic) bond motifs is 2. The van der Waals surface area contributed by atoms with Crippen molar-refractivity contribution in [3.63, 3.8) is 0 Å². The van der Waals surface area contributed by atoms with E-state index in [1.165, 1.54) is 0 Å². The van der Waals surface area contributed by atoms with Crippen LogP contribution in [-0.4, -0.2) is 24.4 Å². The highest BCUT2D eigenvalue weighted by Crippen LogP contribution is 2.42. The van der Waals surface area contributed by atoms with Gasteiger partial charge in [-0.05, 0) is 82.9 Å². The summed E-state index contributed by atoms with van der Waals surface area (Å²) in [6, 6.07) is 23.0. The van der Waals surface area contributed by atoms with Crippen molar-refractivity contribution in [2.75, 3.05) is 14.2 Å². The minimum atomic E-state index is -1.51. The molecular formula is C26H26O4. The van der Waals surface area contributed by atoms with E-state index in [1.807, 2.05) is 72.8 Å². The van der Waals surface area contributed by atoms with Crippen molar-refractivity contribution >= 4 is 21.5 Å². The van der Waals surface area contributed by atoms with E-state index in [0.717, 1.165) is 33.0 Å². The Labute approximate surface area is 176 Å². The molecule has 4 heteroatoms. The van der Waals surface area contributed by atoms with Crippen LogP contribution in [0.4, 0.5) is 0 Å². The zero-order valence-electron chi connectivity index (χ0n) is 17.6. The molecule has 0 saturated heterocycles. The molecule has 0 aliphatic carbocycles. The van der Waals surface area contributed by atoms with Gasteiger partial charge in [0.2, 0.25) is 0 Å². The predicted molar refractivity (Wildman–Crippen MR) is 120 cm³/mol. The summed E-state index contributed by atoms with van der Waals surface area (Å²) >= 11 is 0. The Morgan fingerprint density at radius 3 is 1.23 bits per heavy atom. The fourth-order valence-corrected chi connectivity index (χ4v) is 3.87. The third kappa shape index (κ3) is 3.28. The Hall–Kier alpha value is -3.08. The second-order valence-electron chi connectivity index (χ2n) is 8.00. The fraction of sp³-hybridized carbons (Fsp3) is 0.231. The first-order chi connectivity index (χ1) is 14.3. The van der Waals surface area contributed by atoms with E-state index >= 15 is 0 Å². The van der Waals surface area contributed by atoms with Gasteiger partial charge in [-0.15, -0.1) is 0 Å². The molecule has 0 amide bonds. The minimum Gasteiger partial charge on any atom is -0.497 e. The van der Waals surface area contributed by atoms with E-state index < -0.39 is 11.2 Å². The van der Waals surface area contributed by atoms with Crippen LogP contribution in [0.5, 0.6) is 11.5 Å². The van der Waals surface area contributed by atoms with Crippen molar-refractivity contribution in [2.45, 2.75) is 25.0 Å². The Bertz CT molecular complexity index is 1130. The molecule has 30 heavy (non-hydrogen) atoms. The molecule has 0 unspecified atom stereocenters. The zero-order valence-corrected chi connectivity index (χ0v) is 17.6. The molecule has 4 nitrogen and oxygen atoms in total. The SMILES string of the molecule is COc1ccc2cc([C@](C)(O)[C@@](C)(O)c3ccc4cc(OC)ccc4c3)ccc2c1. The van der Waals surface area contributed by atoms with E-state index in [-0.39, 0.29) is 0 Å². The number of rotatable bonds is 5. The van der Waals surface area contributed by atoms with Crippen LogP contribution in [0.25, 0.3) is 21.5 Å². The van der Waals surface area contributed by atoms with Crippen molar-refractivity contribution in [3.05, 3.63) is 83.9 Å². The van der Waals surface area contributed by atoms with Crippen molar-refractivity contribution in [2.24, 2.45) is 0 Å². The fourth-order valence-electron chi connectivity index (χ4n) is 3.87. The molecule has 154 valence electrons. The quantitative estimate of drug-likeness (QED) is 0.486. The first kappa shape index (κ1) is 20.2. The Morgan fingerprint density at radius 2 is 0.867 bits per heavy atom. The van der Waals surface area contributed by atoms with E-state index in [4.69, 9.17) is 9.47 Å². The van der Waals surface area contributed by atoms with Crippen LogP contribution in [-0.2, 0) is 11.2 Å². The van der Waals surface area contributed by atoms with Gasteiger partial charge in [0.1, 0.15) is 22.7 Å². The summed E-state index contributed by atoms with van der Waals surface area (Å²) in [6.07, 6.45) is 0. The second kappa shape index (κ2) is 7.31. The van der Waals surface area contributed by atoms with Crippen molar-refractivity contribution < 1.29 is 19.7 Å². The van der Waals surface area contributed by atoms with Gasteiger partial charge in [-0.25, -0.2) is 0 Å². The maximum absolute atomic E-state index is 11.5. The van der Waals surface area contributed by atoms with Crippen LogP contribution in [0.2, 0.25) is 0 Å². The maximum Gasteiger partial charge on any atom is 0.119 e. The van der Waals surface area contributed by atoms with Gasteiger partial charge in [0.25, 0.3) is 0 Å². The molecule has 0 aliphatic heterocycles. The normalized spacial score (nSPS) is 15.5. The zero-order chi connectivity index (χ0) is 21.5. The lowest BCUT2D eigenvalue weighted by molar-refractivity contribution is -0.143. The van der Waals surface area contributed by atoms with Crippen LogP contribution in [0.1, 0.15) is 25.0 Å². The van der Waals surface area contributed by atoms with Crippen molar-refractivity contribution in [1.82, 2.24) is 0 Å². The van der Waals surface area contributed by atoms with E-state index in [1.54, 1.807) is 28.1 Å². The first-order valence-electron chi connectivity index (χ1n) is 9.87. The molecule has 4 rings (SSSR count). The number of methoxy groups -OCH3 is 2. The molecule has 0 saturated carbocycles. The average molecular weight is 402 g/mol. The highest BCUT2D eigenvalue weighted by molar-refractivity contribution is 5.86. The van der Waals surface area contributed by atoms with Crippen molar-refractivity contribution in [3.8, 4) is 11.5 Å². The summed E-state index contributed by atoms with van der Waals surface area (Å²) in [5.41, 5.74) is -1.75. The lowest BCUT2D eigenvalue weighted by Gasteiger charge is -2.39. The van der Waals surface area contributed by atoms with Gasteiger partial charge in [0, 0.05) is 0 Å². The van der Waals surface area contributed by atoms with Crippen LogP contribution in [0.3, 0.4) is 0 Å². The monoisotopic (exact) mass is 402 g/mol. The summed E-state index contributed by atoms with van der Waals surface area (Å²) < 4.78 is 10.6. The summed E-state index contributed by atoms with van der Waals surface area (Å²) in [6.45, 7) is 3.30. The summed E-state index contributed by atoms with van der Waals surface area (Å²) in [4.78, 5) is 0. The maximum atomic E-state index is 11.5. The number of aliphatic hydroxyl groups is 2. The Morgan fingerprint density at radius 1 is 0.533 bits per heavy atom. The molecule has 0 fully saturated rings. The standard InChI is InChI=1S/C26H26O4/c1-25(27,21-9-5-19-15-23(29-3)11-7-17(19)13-21)26(2,28)22-10-6-20-16-24(30-4)12-8-18(20)14-22/h5-16,27-28H,1-4H3/t25-,26-/m0/s1. The number of hydrogen-bond acceptors (Lipinski definition) is 4. The molecule has 0 aliphatic rings. The van der Waals surface area contributed by atoms with Gasteiger partial charge in [-0.3, -0.25) is 0 Å². The van der Waals surface area contributed by atoms with Gasteiger partial charge in [0.15, 0.2) is 0 Å². The Balaban J connectivity index is 1.76. The number of ether oxygens (including phenoxy) is 2. The van der Waals surface area contributed by atoms with Crippen LogP contribution in [0.15, 0.2) is 72.8 Å². The molecule has 0 aromatic heterocycles. The van der Waals surface area contributed by atoms with Gasteiger partial charge >= 0.3 is 0 Å². The van der Waals surface area contributed by atoms with E-state index in [0.29, 0.717) is 11.1 Å². The van der Waals surface area contributed by atoms with Gasteiger partial charge in [0.05, 0.1) is 14.2 Å². The molecular weight excluding hydrogens is 376 g/mol. The van der Waals surface area contributed by atoms with Crippen molar-refractivity contribution in [1.29, 1.82) is 0 Å². The van der Waals surface area contributed by atoms with Crippen LogP contribution < -0.4 is 9.47 Å². The van der Waals surface area contributed by atoms with Crippen LogP contribution in [0, 0.1) is 0 Å². The molecule has 0 bridgehead atoms. The second-order valence-corrected chi connectivity index (χ2v) is 8.00. The summed E-state index contributed by atoms with van der Waals surface area (Å²) in [5.74, 6) is 1.56. The van der Waals surface area contributed by atoms with Gasteiger partial charge in [-0.2, -0.15) is 0 Å². The average Bonchev–Trinajstić information content (AvgIpc) is 2.77. The molecule has 0 heterocycles. The lowest BCUT2D eigenvalue weighted by Crippen LogP contribution is -2.45. The molecule has 4 aromatic carbocycles. The number of hydrogen-bond donors (Lipinski definition) is 2. The summed E-state index contributed by atoms with van der Waals surface area (Å²) in [7, 11) is 3.27. The van der Waals surface area contributed by atoms with Gasteiger partial charge in [-0.1, -0.05) is 36.4 Å². The Kier molecular flexibility index (Phi) is 4.92. The largest absolute Gasteiger partial charge is 0.497 e. The van der Waals surface area contributed by atoms with Crippen LogP contribution >= 0.6 is 0 Å². The third-order valence-electron chi connectivity index (χ3n) is 6.17. The van der Waals surface area contributed by atoms with E-state index in [2.05, 4.69) is 0 Å². The lowest BCUT2D eigenvalue weighted by atomic mass is 9.75. The molecule has 2 atom stereocenters. The van der Waals surface area contributed by atoms with E-state index in [9.17, 15) is 10.2 Å². The topological polar surface area (TPSA) is 58.9 Å². The summed E-state index contributed by atoms with van der Waals surface area (Å²) in [5, 5.41) is 26.9. The van der Waals surface area contributed by atoms with Gasteiger partial charge < -0.3 is 19.7 Å². The smallest absolute Gasteiger partial charge is 0.119 e. The molecule has 0 spiro atoms. The first-order valence-corrected chi connectivity index (χ1v) is 9.87. The molecule has 4 aromatic rings. The number of benzene rings is 4. The highest BCUT2D eigenvalue weighted by Gasteiger charge is 2.44. The highest BCUT2D eigenvalue weighted by atomic mass is 16.5. The predicted octanol–water partition coefficient (Wildman–Crippen LogP) is 5.13. The molecule has 2 N–H and O–H groups in total. The molecule has 0 radical (unpaired) electrons. The minimum absolute atomic E-state index is 0.639. The third-order valence-corrected chi connectivity index (χ3v) is 6.17.